The van der Waals surface area contributed by atoms with Gasteiger partial charge in [0.15, 0.2) is 0 Å². The van der Waals surface area contributed by atoms with Gasteiger partial charge in [-0.25, -0.2) is 0 Å². The molecular weight excluding hydrogens is 334 g/mol. The Balaban J connectivity index is 2.38. The van der Waals surface area contributed by atoms with Gasteiger partial charge in [0, 0.05) is 9.85 Å². The van der Waals surface area contributed by atoms with Gasteiger partial charge in [-0.3, -0.25) is 0 Å². The van der Waals surface area contributed by atoms with E-state index in [1.165, 1.54) is 11.1 Å². The van der Waals surface area contributed by atoms with E-state index in [0.29, 0.717) is 0 Å². The molecule has 0 spiro atoms. The van der Waals surface area contributed by atoms with Crippen LogP contribution in [0.3, 0.4) is 0 Å². The van der Waals surface area contributed by atoms with Crippen LogP contribution in [0.5, 0.6) is 5.75 Å². The van der Waals surface area contributed by atoms with Crippen molar-refractivity contribution in [2.45, 2.75) is 26.3 Å². The summed E-state index contributed by atoms with van der Waals surface area (Å²) in [6, 6.07) is 6.63. The summed E-state index contributed by atoms with van der Waals surface area (Å²) >= 11 is 5.36. The summed E-state index contributed by atoms with van der Waals surface area (Å²) in [5.74, 6) is 0.942. The fourth-order valence-corrected chi connectivity index (χ4v) is 3.76. The highest BCUT2D eigenvalue weighted by atomic mass is 79.9. The zero-order chi connectivity index (χ0) is 14.5. The van der Waals surface area contributed by atoms with E-state index in [-0.39, 0.29) is 6.04 Å². The second-order valence-electron chi connectivity index (χ2n) is 4.79. The van der Waals surface area contributed by atoms with Crippen LogP contribution in [0.25, 0.3) is 0 Å². The van der Waals surface area contributed by atoms with Crippen molar-refractivity contribution in [3.63, 3.8) is 0 Å². The molecule has 0 amide bonds. The summed E-state index contributed by atoms with van der Waals surface area (Å²) in [7, 11) is 1.72. The minimum Gasteiger partial charge on any atom is -0.496 e. The van der Waals surface area contributed by atoms with Gasteiger partial charge in [-0.1, -0.05) is 19.1 Å². The molecule has 0 aliphatic heterocycles. The summed E-state index contributed by atoms with van der Waals surface area (Å²) in [6.45, 7) is 5.24. The fraction of sp³-hybridized carbons (Fsp3) is 0.375. The number of nitrogens with one attached hydrogen (secondary N) is 1. The Bertz CT molecular complexity index is 567. The van der Waals surface area contributed by atoms with Gasteiger partial charge in [-0.15, -0.1) is 0 Å². The van der Waals surface area contributed by atoms with E-state index in [1.807, 2.05) is 0 Å². The Morgan fingerprint density at radius 3 is 2.75 bits per heavy atom. The second-order valence-corrected chi connectivity index (χ2v) is 6.39. The third-order valence-corrected chi connectivity index (χ3v) is 5.07. The van der Waals surface area contributed by atoms with Gasteiger partial charge in [-0.05, 0) is 64.0 Å². The van der Waals surface area contributed by atoms with E-state index >= 15 is 0 Å². The number of thiophene rings is 1. The first-order chi connectivity index (χ1) is 9.67. The standard InChI is InChI=1S/C16H20BrNOS/c1-4-7-18-16(13-9-20-10-14(13)17)12-6-5-11(2)15(8-12)19-3/h5-6,8-10,16,18H,4,7H2,1-3H3. The molecule has 0 radical (unpaired) electrons. The molecule has 1 atom stereocenters. The van der Waals surface area contributed by atoms with E-state index in [9.17, 15) is 0 Å². The summed E-state index contributed by atoms with van der Waals surface area (Å²) in [5, 5.41) is 7.95. The molecule has 108 valence electrons. The van der Waals surface area contributed by atoms with E-state index < -0.39 is 0 Å². The van der Waals surface area contributed by atoms with Gasteiger partial charge in [-0.2, -0.15) is 11.3 Å². The fourth-order valence-electron chi connectivity index (χ4n) is 2.21. The van der Waals surface area contributed by atoms with Crippen LogP contribution in [0.4, 0.5) is 0 Å². The normalized spacial score (nSPS) is 12.4. The number of methoxy groups -OCH3 is 1. The van der Waals surface area contributed by atoms with E-state index in [2.05, 4.69) is 64.1 Å². The number of rotatable bonds is 6. The quantitative estimate of drug-likeness (QED) is 0.795. The van der Waals surface area contributed by atoms with Crippen LogP contribution in [0, 0.1) is 6.92 Å². The van der Waals surface area contributed by atoms with Crippen molar-refractivity contribution in [3.8, 4) is 5.75 Å². The second kappa shape index (κ2) is 7.25. The smallest absolute Gasteiger partial charge is 0.122 e. The maximum Gasteiger partial charge on any atom is 0.122 e. The van der Waals surface area contributed by atoms with Gasteiger partial charge >= 0.3 is 0 Å². The Morgan fingerprint density at radius 1 is 1.35 bits per heavy atom. The van der Waals surface area contributed by atoms with E-state index in [1.54, 1.807) is 18.4 Å². The van der Waals surface area contributed by atoms with Gasteiger partial charge in [0.25, 0.3) is 0 Å². The van der Waals surface area contributed by atoms with Crippen LogP contribution >= 0.6 is 27.3 Å². The molecule has 2 nitrogen and oxygen atoms in total. The molecule has 2 rings (SSSR count). The van der Waals surface area contributed by atoms with Crippen LogP contribution < -0.4 is 10.1 Å². The van der Waals surface area contributed by atoms with Crippen molar-refractivity contribution in [3.05, 3.63) is 50.1 Å². The molecule has 1 aromatic heterocycles. The maximum absolute atomic E-state index is 5.45. The Kier molecular flexibility index (Phi) is 5.64. The molecule has 1 heterocycles. The van der Waals surface area contributed by atoms with E-state index in [4.69, 9.17) is 4.74 Å². The highest BCUT2D eigenvalue weighted by Gasteiger charge is 2.18. The molecule has 1 N–H and O–H groups in total. The highest BCUT2D eigenvalue weighted by Crippen LogP contribution is 2.33. The Hall–Kier alpha value is -0.840. The van der Waals surface area contributed by atoms with Gasteiger partial charge in [0.1, 0.15) is 5.75 Å². The van der Waals surface area contributed by atoms with Crippen LogP contribution in [0.1, 0.15) is 36.1 Å². The maximum atomic E-state index is 5.45. The van der Waals surface area contributed by atoms with Gasteiger partial charge < -0.3 is 10.1 Å². The zero-order valence-corrected chi connectivity index (χ0v) is 14.5. The molecule has 0 aliphatic carbocycles. The lowest BCUT2D eigenvalue weighted by molar-refractivity contribution is 0.410. The van der Waals surface area contributed by atoms with Crippen LogP contribution in [0.2, 0.25) is 0 Å². The molecule has 0 aliphatic rings. The van der Waals surface area contributed by atoms with Crippen LogP contribution in [-0.4, -0.2) is 13.7 Å². The molecule has 0 bridgehead atoms. The predicted octanol–water partition coefficient (Wildman–Crippen LogP) is 4.92. The first-order valence-electron chi connectivity index (χ1n) is 6.76. The number of benzene rings is 1. The third kappa shape index (κ3) is 3.43. The first kappa shape index (κ1) is 15.5. The summed E-state index contributed by atoms with van der Waals surface area (Å²) in [4.78, 5) is 0. The van der Waals surface area contributed by atoms with Gasteiger partial charge in [0.05, 0.1) is 13.2 Å². The largest absolute Gasteiger partial charge is 0.496 e. The molecule has 1 unspecified atom stereocenters. The zero-order valence-electron chi connectivity index (χ0n) is 12.1. The SMILES string of the molecule is CCCNC(c1ccc(C)c(OC)c1)c1cscc1Br. The van der Waals surface area contributed by atoms with Gasteiger partial charge in [0.2, 0.25) is 0 Å². The number of ether oxygens (including phenoxy) is 1. The number of hydrogen-bond acceptors (Lipinski definition) is 3. The lowest BCUT2D eigenvalue weighted by atomic mass is 9.99. The van der Waals surface area contributed by atoms with Crippen molar-refractivity contribution in [2.24, 2.45) is 0 Å². The molecule has 1 aromatic carbocycles. The summed E-state index contributed by atoms with van der Waals surface area (Å²) in [6.07, 6.45) is 1.11. The van der Waals surface area contributed by atoms with Crippen molar-refractivity contribution >= 4 is 27.3 Å². The predicted molar refractivity (Wildman–Crippen MR) is 89.9 cm³/mol. The highest BCUT2D eigenvalue weighted by molar-refractivity contribution is 9.10. The molecule has 0 saturated heterocycles. The Morgan fingerprint density at radius 2 is 2.15 bits per heavy atom. The summed E-state index contributed by atoms with van der Waals surface area (Å²) < 4.78 is 6.61. The average molecular weight is 354 g/mol. The van der Waals surface area contributed by atoms with Crippen LogP contribution in [-0.2, 0) is 0 Å². The molecule has 2 aromatic rings. The van der Waals surface area contributed by atoms with Crippen LogP contribution in [0.15, 0.2) is 33.4 Å². The first-order valence-corrected chi connectivity index (χ1v) is 8.50. The Labute approximate surface area is 133 Å². The molecule has 0 saturated carbocycles. The average Bonchev–Trinajstić information content (AvgIpc) is 2.87. The van der Waals surface area contributed by atoms with Crippen molar-refractivity contribution in [2.75, 3.05) is 13.7 Å². The topological polar surface area (TPSA) is 21.3 Å². The molecule has 20 heavy (non-hydrogen) atoms. The van der Waals surface area contributed by atoms with Crippen molar-refractivity contribution in [1.29, 1.82) is 0 Å². The van der Waals surface area contributed by atoms with Crippen molar-refractivity contribution in [1.82, 2.24) is 5.32 Å². The molecular formula is C16H20BrNOS. The number of hydrogen-bond donors (Lipinski definition) is 1. The third-order valence-electron chi connectivity index (χ3n) is 3.32. The number of aryl methyl sites for hydroxylation is 1. The lowest BCUT2D eigenvalue weighted by Crippen LogP contribution is -2.23. The monoisotopic (exact) mass is 353 g/mol. The molecule has 4 heteroatoms. The molecule has 0 fully saturated rings. The number of halogens is 1. The van der Waals surface area contributed by atoms with E-state index in [0.717, 1.165) is 28.8 Å². The minimum atomic E-state index is 0.199. The van der Waals surface area contributed by atoms with Crippen molar-refractivity contribution < 1.29 is 4.74 Å². The summed E-state index contributed by atoms with van der Waals surface area (Å²) in [5.41, 5.74) is 3.68. The lowest BCUT2D eigenvalue weighted by Gasteiger charge is -2.20. The minimum absolute atomic E-state index is 0.199.